The zero-order valence-corrected chi connectivity index (χ0v) is 12.3. The molecule has 0 spiro atoms. The van der Waals surface area contributed by atoms with Crippen LogP contribution >= 0.6 is 39.3 Å². The SMILES string of the molecule is CC1SCCCC1Nc1cc(Br)ccc1Cl. The molecule has 1 aromatic rings. The van der Waals surface area contributed by atoms with Crippen LogP contribution in [-0.4, -0.2) is 17.0 Å². The van der Waals surface area contributed by atoms with E-state index in [1.807, 2.05) is 30.0 Å². The minimum atomic E-state index is 0.533. The molecule has 16 heavy (non-hydrogen) atoms. The van der Waals surface area contributed by atoms with E-state index in [0.29, 0.717) is 11.3 Å². The van der Waals surface area contributed by atoms with Gasteiger partial charge in [-0.15, -0.1) is 0 Å². The minimum Gasteiger partial charge on any atom is -0.380 e. The number of halogens is 2. The van der Waals surface area contributed by atoms with Crippen LogP contribution in [0.1, 0.15) is 19.8 Å². The summed E-state index contributed by atoms with van der Waals surface area (Å²) in [6.07, 6.45) is 2.52. The maximum atomic E-state index is 6.17. The first kappa shape index (κ1) is 12.6. The molecule has 1 heterocycles. The van der Waals surface area contributed by atoms with E-state index >= 15 is 0 Å². The molecule has 2 atom stereocenters. The van der Waals surface area contributed by atoms with Crippen LogP contribution in [-0.2, 0) is 0 Å². The Morgan fingerprint density at radius 3 is 3.06 bits per heavy atom. The minimum absolute atomic E-state index is 0.533. The molecule has 0 amide bonds. The Labute approximate surface area is 114 Å². The van der Waals surface area contributed by atoms with Crippen LogP contribution in [0.3, 0.4) is 0 Å². The highest BCUT2D eigenvalue weighted by molar-refractivity contribution is 9.10. The summed E-state index contributed by atoms with van der Waals surface area (Å²) in [7, 11) is 0. The molecule has 1 N–H and O–H groups in total. The summed E-state index contributed by atoms with van der Waals surface area (Å²) in [6, 6.07) is 6.47. The van der Waals surface area contributed by atoms with Crippen molar-refractivity contribution in [3.63, 3.8) is 0 Å². The third kappa shape index (κ3) is 3.08. The zero-order chi connectivity index (χ0) is 11.5. The monoisotopic (exact) mass is 319 g/mol. The fraction of sp³-hybridized carbons (Fsp3) is 0.500. The fourth-order valence-corrected chi connectivity index (χ4v) is 3.60. The van der Waals surface area contributed by atoms with E-state index in [1.165, 1.54) is 18.6 Å². The van der Waals surface area contributed by atoms with E-state index in [0.717, 1.165) is 15.2 Å². The average molecular weight is 321 g/mol. The Morgan fingerprint density at radius 2 is 2.31 bits per heavy atom. The summed E-state index contributed by atoms with van der Waals surface area (Å²) in [4.78, 5) is 0. The summed E-state index contributed by atoms with van der Waals surface area (Å²) in [6.45, 7) is 2.29. The quantitative estimate of drug-likeness (QED) is 0.840. The molecule has 2 rings (SSSR count). The van der Waals surface area contributed by atoms with Crippen molar-refractivity contribution in [3.05, 3.63) is 27.7 Å². The maximum Gasteiger partial charge on any atom is 0.0638 e. The van der Waals surface area contributed by atoms with Gasteiger partial charge in [-0.05, 0) is 36.8 Å². The highest BCUT2D eigenvalue weighted by Crippen LogP contribution is 2.31. The number of thioether (sulfide) groups is 1. The van der Waals surface area contributed by atoms with Crippen molar-refractivity contribution in [3.8, 4) is 0 Å². The van der Waals surface area contributed by atoms with Crippen LogP contribution in [0.25, 0.3) is 0 Å². The maximum absolute atomic E-state index is 6.17. The zero-order valence-electron chi connectivity index (χ0n) is 9.17. The molecule has 1 nitrogen and oxygen atoms in total. The lowest BCUT2D eigenvalue weighted by atomic mass is 10.1. The molecule has 1 aromatic carbocycles. The normalized spacial score (nSPS) is 25.4. The summed E-state index contributed by atoms with van der Waals surface area (Å²) in [5, 5.41) is 5.01. The number of hydrogen-bond acceptors (Lipinski definition) is 2. The molecule has 2 unspecified atom stereocenters. The summed E-state index contributed by atoms with van der Waals surface area (Å²) in [5.41, 5.74) is 1.04. The fourth-order valence-electron chi connectivity index (χ4n) is 1.92. The molecular formula is C12H15BrClNS. The van der Waals surface area contributed by atoms with E-state index in [4.69, 9.17) is 11.6 Å². The average Bonchev–Trinajstić information content (AvgIpc) is 2.27. The van der Waals surface area contributed by atoms with Gasteiger partial charge in [-0.25, -0.2) is 0 Å². The van der Waals surface area contributed by atoms with Crippen molar-refractivity contribution < 1.29 is 0 Å². The molecule has 0 aromatic heterocycles. The molecule has 88 valence electrons. The first-order valence-electron chi connectivity index (χ1n) is 5.50. The van der Waals surface area contributed by atoms with Gasteiger partial charge in [0.2, 0.25) is 0 Å². The van der Waals surface area contributed by atoms with Gasteiger partial charge in [-0.2, -0.15) is 11.8 Å². The second kappa shape index (κ2) is 5.65. The van der Waals surface area contributed by atoms with Gasteiger partial charge in [-0.3, -0.25) is 0 Å². The number of rotatable bonds is 2. The van der Waals surface area contributed by atoms with Gasteiger partial charge in [-0.1, -0.05) is 34.5 Å². The number of hydrogen-bond donors (Lipinski definition) is 1. The molecule has 0 aliphatic carbocycles. The highest BCUT2D eigenvalue weighted by Gasteiger charge is 2.22. The Kier molecular flexibility index (Phi) is 4.45. The van der Waals surface area contributed by atoms with Crippen molar-refractivity contribution in [2.45, 2.75) is 31.1 Å². The third-order valence-corrected chi connectivity index (χ3v) is 5.08. The topological polar surface area (TPSA) is 12.0 Å². The van der Waals surface area contributed by atoms with Crippen LogP contribution in [0, 0.1) is 0 Å². The van der Waals surface area contributed by atoms with Crippen LogP contribution in [0.15, 0.2) is 22.7 Å². The highest BCUT2D eigenvalue weighted by atomic mass is 79.9. The van der Waals surface area contributed by atoms with Crippen LogP contribution in [0.4, 0.5) is 5.69 Å². The van der Waals surface area contributed by atoms with Gasteiger partial charge in [0.05, 0.1) is 10.7 Å². The first-order chi connectivity index (χ1) is 7.66. The van der Waals surface area contributed by atoms with Crippen LogP contribution in [0.5, 0.6) is 0 Å². The van der Waals surface area contributed by atoms with E-state index in [1.54, 1.807) is 0 Å². The standard InChI is InChI=1S/C12H15BrClNS/c1-8-11(3-2-6-16-8)15-12-7-9(13)4-5-10(12)14/h4-5,7-8,11,15H,2-3,6H2,1H3. The number of anilines is 1. The van der Waals surface area contributed by atoms with E-state index < -0.39 is 0 Å². The van der Waals surface area contributed by atoms with Gasteiger partial charge in [0.25, 0.3) is 0 Å². The smallest absolute Gasteiger partial charge is 0.0638 e. The van der Waals surface area contributed by atoms with Gasteiger partial charge in [0, 0.05) is 15.8 Å². The van der Waals surface area contributed by atoms with Gasteiger partial charge in [0.1, 0.15) is 0 Å². The van der Waals surface area contributed by atoms with Gasteiger partial charge < -0.3 is 5.32 Å². The van der Waals surface area contributed by atoms with Crippen molar-refractivity contribution in [2.24, 2.45) is 0 Å². The van der Waals surface area contributed by atoms with Crippen LogP contribution in [0.2, 0.25) is 5.02 Å². The Balaban J connectivity index is 2.10. The molecule has 1 saturated heterocycles. The Hall–Kier alpha value is 0.140. The first-order valence-corrected chi connectivity index (χ1v) is 7.72. The van der Waals surface area contributed by atoms with E-state index in [-0.39, 0.29) is 0 Å². The van der Waals surface area contributed by atoms with Gasteiger partial charge in [0.15, 0.2) is 0 Å². The van der Waals surface area contributed by atoms with Crippen molar-refractivity contribution in [2.75, 3.05) is 11.1 Å². The summed E-state index contributed by atoms with van der Waals surface area (Å²) < 4.78 is 1.07. The predicted octanol–water partition coefficient (Wildman–Crippen LogP) is 4.80. The third-order valence-electron chi connectivity index (χ3n) is 2.88. The summed E-state index contributed by atoms with van der Waals surface area (Å²) in [5.74, 6) is 1.28. The molecular weight excluding hydrogens is 306 g/mol. The molecule has 4 heteroatoms. The molecule has 0 bridgehead atoms. The van der Waals surface area contributed by atoms with Crippen molar-refractivity contribution in [1.29, 1.82) is 0 Å². The predicted molar refractivity (Wildman–Crippen MR) is 77.7 cm³/mol. The molecule has 0 radical (unpaired) electrons. The second-order valence-corrected chi connectivity index (χ2v) is 6.90. The van der Waals surface area contributed by atoms with Crippen molar-refractivity contribution >= 4 is 45.0 Å². The Bertz CT molecular complexity index is 372. The lowest BCUT2D eigenvalue weighted by molar-refractivity contribution is 0.617. The lowest BCUT2D eigenvalue weighted by Gasteiger charge is -2.30. The van der Waals surface area contributed by atoms with E-state index in [9.17, 15) is 0 Å². The molecule has 0 saturated carbocycles. The summed E-state index contributed by atoms with van der Waals surface area (Å²) >= 11 is 11.7. The number of nitrogens with one attached hydrogen (secondary N) is 1. The second-order valence-electron chi connectivity index (χ2n) is 4.09. The van der Waals surface area contributed by atoms with E-state index in [2.05, 4.69) is 28.2 Å². The molecule has 1 fully saturated rings. The molecule has 1 aliphatic heterocycles. The van der Waals surface area contributed by atoms with Crippen LogP contribution < -0.4 is 5.32 Å². The van der Waals surface area contributed by atoms with Gasteiger partial charge >= 0.3 is 0 Å². The largest absolute Gasteiger partial charge is 0.380 e. The lowest BCUT2D eigenvalue weighted by Crippen LogP contribution is -2.32. The molecule has 1 aliphatic rings. The Morgan fingerprint density at radius 1 is 1.50 bits per heavy atom. The number of benzene rings is 1. The van der Waals surface area contributed by atoms with Crippen molar-refractivity contribution in [1.82, 2.24) is 0 Å².